The molecule has 1 heteroatoms. The second-order valence-corrected chi connectivity index (χ2v) is 3.41. The van der Waals surface area contributed by atoms with E-state index in [1.54, 1.807) is 6.08 Å². The van der Waals surface area contributed by atoms with Crippen LogP contribution in [0.1, 0.15) is 32.8 Å². The summed E-state index contributed by atoms with van der Waals surface area (Å²) in [7, 11) is 1.94. The average Bonchev–Trinajstić information content (AvgIpc) is 2.40. The van der Waals surface area contributed by atoms with Crippen molar-refractivity contribution in [2.45, 2.75) is 33.6 Å². The maximum absolute atomic E-state index is 3.48. The Morgan fingerprint density at radius 2 is 1.76 bits per heavy atom. The summed E-state index contributed by atoms with van der Waals surface area (Å²) in [6.45, 7) is 13.0. The van der Waals surface area contributed by atoms with Crippen LogP contribution in [0.2, 0.25) is 0 Å². The van der Waals surface area contributed by atoms with Gasteiger partial charge in [-0.3, -0.25) is 0 Å². The van der Waals surface area contributed by atoms with Gasteiger partial charge in [-0.2, -0.15) is 0 Å². The van der Waals surface area contributed by atoms with Crippen LogP contribution in [0.15, 0.2) is 49.6 Å². The predicted molar refractivity (Wildman–Crippen MR) is 81.7 cm³/mol. The van der Waals surface area contributed by atoms with Crippen molar-refractivity contribution in [1.29, 1.82) is 0 Å². The molecule has 0 saturated heterocycles. The van der Waals surface area contributed by atoms with E-state index < -0.39 is 0 Å². The third-order valence-electron chi connectivity index (χ3n) is 1.91. The van der Waals surface area contributed by atoms with E-state index >= 15 is 0 Å². The lowest BCUT2D eigenvalue weighted by molar-refractivity contribution is 1.14. The van der Waals surface area contributed by atoms with Crippen molar-refractivity contribution >= 4 is 5.69 Å². The standard InChI is InChI=1S/C9H13N.C4H8.C3H6/c1-3-8-5-4-6-9(7-8)10-2;1-3-4-2;1-3-2/h4-7,10H,3H2,1-2H3;3H,1,4H2,2H3;3H,1H2,2H3. The fourth-order valence-corrected chi connectivity index (χ4v) is 0.947. The lowest BCUT2D eigenvalue weighted by Crippen LogP contribution is -1.88. The van der Waals surface area contributed by atoms with E-state index in [0.29, 0.717) is 0 Å². The molecule has 17 heavy (non-hydrogen) atoms. The summed E-state index contributed by atoms with van der Waals surface area (Å²) >= 11 is 0. The lowest BCUT2D eigenvalue weighted by Gasteiger charge is -2.00. The number of anilines is 1. The molecule has 1 nitrogen and oxygen atoms in total. The second kappa shape index (κ2) is 14.5. The highest BCUT2D eigenvalue weighted by molar-refractivity contribution is 5.44. The van der Waals surface area contributed by atoms with E-state index in [1.165, 1.54) is 11.3 Å². The predicted octanol–water partition coefficient (Wildman–Crippen LogP) is 5.07. The Labute approximate surface area is 107 Å². The number of benzene rings is 1. The topological polar surface area (TPSA) is 12.0 Å². The van der Waals surface area contributed by atoms with Gasteiger partial charge in [-0.25, -0.2) is 0 Å². The molecule has 0 fully saturated rings. The molecular formula is C16H27N. The van der Waals surface area contributed by atoms with Crippen LogP contribution in [0, 0.1) is 0 Å². The molecule has 0 aliphatic carbocycles. The second-order valence-electron chi connectivity index (χ2n) is 3.41. The van der Waals surface area contributed by atoms with Crippen LogP contribution in [-0.2, 0) is 6.42 Å². The molecule has 0 unspecified atom stereocenters. The molecule has 1 aromatic rings. The monoisotopic (exact) mass is 233 g/mol. The van der Waals surface area contributed by atoms with Crippen molar-refractivity contribution in [2.24, 2.45) is 0 Å². The van der Waals surface area contributed by atoms with E-state index in [9.17, 15) is 0 Å². The SMILES string of the molecule is C=CC.C=CCC.CCc1cccc(NC)c1. The van der Waals surface area contributed by atoms with Gasteiger partial charge >= 0.3 is 0 Å². The molecule has 96 valence electrons. The first-order valence-electron chi connectivity index (χ1n) is 6.14. The van der Waals surface area contributed by atoms with Crippen LogP contribution in [0.4, 0.5) is 5.69 Å². The average molecular weight is 233 g/mol. The highest BCUT2D eigenvalue weighted by Gasteiger charge is 1.88. The molecule has 0 radical (unpaired) electrons. The van der Waals surface area contributed by atoms with E-state index in [-0.39, 0.29) is 0 Å². The number of allylic oxidation sites excluding steroid dienone is 2. The van der Waals surface area contributed by atoms with Crippen molar-refractivity contribution in [3.8, 4) is 0 Å². The Hall–Kier alpha value is -1.50. The molecule has 0 atom stereocenters. The maximum Gasteiger partial charge on any atom is 0.0340 e. The molecule has 0 saturated carbocycles. The van der Waals surface area contributed by atoms with Gasteiger partial charge < -0.3 is 5.32 Å². The Balaban J connectivity index is 0. The smallest absolute Gasteiger partial charge is 0.0340 e. The van der Waals surface area contributed by atoms with Crippen molar-refractivity contribution in [1.82, 2.24) is 0 Å². The number of hydrogen-bond donors (Lipinski definition) is 1. The van der Waals surface area contributed by atoms with Crippen LogP contribution in [0.5, 0.6) is 0 Å². The van der Waals surface area contributed by atoms with Crippen LogP contribution >= 0.6 is 0 Å². The molecular weight excluding hydrogens is 206 g/mol. The first-order valence-corrected chi connectivity index (χ1v) is 6.14. The van der Waals surface area contributed by atoms with Gasteiger partial charge in [0.1, 0.15) is 0 Å². The normalized spacial score (nSPS) is 7.76. The summed E-state index contributed by atoms with van der Waals surface area (Å²) in [6.07, 6.45) is 5.82. The molecule has 1 rings (SSSR count). The fourth-order valence-electron chi connectivity index (χ4n) is 0.947. The fraction of sp³-hybridized carbons (Fsp3) is 0.375. The van der Waals surface area contributed by atoms with Crippen LogP contribution in [0.3, 0.4) is 0 Å². The molecule has 0 amide bonds. The molecule has 0 spiro atoms. The summed E-state index contributed by atoms with van der Waals surface area (Å²) in [5.41, 5.74) is 2.58. The number of aryl methyl sites for hydroxylation is 1. The van der Waals surface area contributed by atoms with Crippen molar-refractivity contribution in [3.05, 3.63) is 55.1 Å². The molecule has 1 aromatic carbocycles. The van der Waals surface area contributed by atoms with Gasteiger partial charge in [-0.05, 0) is 37.5 Å². The molecule has 0 bridgehead atoms. The zero-order chi connectivity index (χ0) is 13.5. The lowest BCUT2D eigenvalue weighted by atomic mass is 10.1. The van der Waals surface area contributed by atoms with Gasteiger partial charge in [0.15, 0.2) is 0 Å². The van der Waals surface area contributed by atoms with Crippen molar-refractivity contribution < 1.29 is 0 Å². The highest BCUT2D eigenvalue weighted by atomic mass is 14.8. The minimum atomic E-state index is 1.08. The van der Waals surface area contributed by atoms with Gasteiger partial charge in [0, 0.05) is 12.7 Å². The Morgan fingerprint density at radius 1 is 1.24 bits per heavy atom. The maximum atomic E-state index is 3.48. The summed E-state index contributed by atoms with van der Waals surface area (Å²) in [4.78, 5) is 0. The van der Waals surface area contributed by atoms with Gasteiger partial charge in [0.25, 0.3) is 0 Å². The van der Waals surface area contributed by atoms with E-state index in [4.69, 9.17) is 0 Å². The molecule has 1 N–H and O–H groups in total. The van der Waals surface area contributed by atoms with E-state index in [0.717, 1.165) is 12.8 Å². The van der Waals surface area contributed by atoms with Crippen molar-refractivity contribution in [3.63, 3.8) is 0 Å². The summed E-state index contributed by atoms with van der Waals surface area (Å²) in [5.74, 6) is 0. The Morgan fingerprint density at radius 3 is 2.12 bits per heavy atom. The first-order chi connectivity index (χ1) is 8.19. The van der Waals surface area contributed by atoms with Gasteiger partial charge in [0.05, 0.1) is 0 Å². The largest absolute Gasteiger partial charge is 0.388 e. The summed E-state index contributed by atoms with van der Waals surface area (Å²) < 4.78 is 0. The quantitative estimate of drug-likeness (QED) is 0.719. The number of hydrogen-bond acceptors (Lipinski definition) is 1. The van der Waals surface area contributed by atoms with E-state index in [1.807, 2.05) is 20.0 Å². The van der Waals surface area contributed by atoms with E-state index in [2.05, 4.69) is 56.6 Å². The Bertz CT molecular complexity index is 270. The molecule has 0 aliphatic rings. The first kappa shape index (κ1) is 17.9. The van der Waals surface area contributed by atoms with Crippen LogP contribution < -0.4 is 5.32 Å². The van der Waals surface area contributed by atoms with Crippen LogP contribution in [-0.4, -0.2) is 7.05 Å². The number of rotatable bonds is 3. The molecule has 0 heterocycles. The minimum Gasteiger partial charge on any atom is -0.388 e. The zero-order valence-electron chi connectivity index (χ0n) is 11.8. The third kappa shape index (κ3) is 12.4. The minimum absolute atomic E-state index is 1.08. The molecule has 0 aromatic heterocycles. The van der Waals surface area contributed by atoms with Crippen LogP contribution in [0.25, 0.3) is 0 Å². The number of nitrogens with one attached hydrogen (secondary N) is 1. The third-order valence-corrected chi connectivity index (χ3v) is 1.91. The highest BCUT2D eigenvalue weighted by Crippen LogP contribution is 2.09. The summed E-state index contributed by atoms with van der Waals surface area (Å²) in [5, 5.41) is 3.10. The summed E-state index contributed by atoms with van der Waals surface area (Å²) in [6, 6.07) is 8.45. The Kier molecular flexibility index (Phi) is 15.3. The van der Waals surface area contributed by atoms with Gasteiger partial charge in [-0.15, -0.1) is 13.2 Å². The van der Waals surface area contributed by atoms with Gasteiger partial charge in [-0.1, -0.05) is 38.1 Å². The molecule has 0 aliphatic heterocycles. The van der Waals surface area contributed by atoms with Crippen molar-refractivity contribution in [2.75, 3.05) is 12.4 Å². The zero-order valence-corrected chi connectivity index (χ0v) is 11.8. The van der Waals surface area contributed by atoms with Gasteiger partial charge in [0.2, 0.25) is 0 Å².